The molecule has 1 fully saturated rings. The number of carbonyl (C=O) groups is 4. The number of pyridine rings is 1. The van der Waals surface area contributed by atoms with Crippen molar-refractivity contribution < 1.29 is 42.9 Å². The third-order valence-corrected chi connectivity index (χ3v) is 9.16. The maximum absolute atomic E-state index is 13.6. The minimum atomic E-state index is -0.714. The van der Waals surface area contributed by atoms with Crippen LogP contribution in [0.4, 0.5) is 0 Å². The van der Waals surface area contributed by atoms with Gasteiger partial charge in [0, 0.05) is 49.9 Å². The molecular formula is C34H39IN6O9S. The number of methoxy groups -OCH3 is 1. The number of amides is 3. The average Bonchev–Trinajstić information content (AvgIpc) is 3.85. The molecule has 0 spiro atoms. The lowest BCUT2D eigenvalue weighted by atomic mass is 10.1. The third kappa shape index (κ3) is 10.1. The van der Waals surface area contributed by atoms with Gasteiger partial charge in [0.25, 0.3) is 23.5 Å². The van der Waals surface area contributed by atoms with Crippen LogP contribution in [0.5, 0.6) is 5.75 Å². The topological polar surface area (TPSA) is 175 Å². The summed E-state index contributed by atoms with van der Waals surface area (Å²) in [4.78, 5) is 67.7. The van der Waals surface area contributed by atoms with E-state index in [9.17, 15) is 19.2 Å². The van der Waals surface area contributed by atoms with Crippen molar-refractivity contribution in [2.75, 3.05) is 90.7 Å². The first kappa shape index (κ1) is 38.2. The fraction of sp³-hybridized carbons (Fsp3) is 0.412. The van der Waals surface area contributed by atoms with E-state index in [0.29, 0.717) is 97.6 Å². The van der Waals surface area contributed by atoms with Gasteiger partial charge < -0.3 is 43.8 Å². The van der Waals surface area contributed by atoms with Crippen molar-refractivity contribution in [2.24, 2.45) is 0 Å². The molecule has 1 aliphatic heterocycles. The SMILES string of the molecule is COc1cnc(-c2csc(C(=O)NCCOCCOCCOCCOCI)n2)c2[nH]cc(C(=O)C(=O)N3CCN(C(=O)c4ccccc4)CC3)c12. The monoisotopic (exact) mass is 834 g/mol. The predicted molar refractivity (Wildman–Crippen MR) is 197 cm³/mol. The van der Waals surface area contributed by atoms with Gasteiger partial charge in [0.05, 0.1) is 80.6 Å². The Morgan fingerprint density at radius 2 is 1.55 bits per heavy atom. The van der Waals surface area contributed by atoms with Crippen LogP contribution in [0.1, 0.15) is 30.5 Å². The molecule has 3 amide bonds. The lowest BCUT2D eigenvalue weighted by Gasteiger charge is -2.34. The number of benzene rings is 1. The fourth-order valence-corrected chi connectivity index (χ4v) is 6.32. The number of aromatic amines is 1. The van der Waals surface area contributed by atoms with Gasteiger partial charge in [-0.3, -0.25) is 19.2 Å². The summed E-state index contributed by atoms with van der Waals surface area (Å²) in [6.45, 7) is 4.49. The number of piperazine rings is 1. The highest BCUT2D eigenvalue weighted by Gasteiger charge is 2.31. The summed E-state index contributed by atoms with van der Waals surface area (Å²) in [6.07, 6.45) is 2.91. The number of hydrogen-bond acceptors (Lipinski definition) is 12. The standard InChI is InChI=1S/C34H39IN6O9S/c1-46-26-20-38-28(25-21-51-32(39-25)31(43)36-7-12-47-13-14-48-15-16-49-17-18-50-22-35)29-27(26)24(19-37-29)30(42)34(45)41-10-8-40(9-11-41)33(44)23-5-3-2-4-6-23/h2-6,19-21,37H,7-18,22H2,1H3,(H,36,43). The van der Waals surface area contributed by atoms with Gasteiger partial charge in [0.15, 0.2) is 5.01 Å². The van der Waals surface area contributed by atoms with Crippen LogP contribution in [0.15, 0.2) is 48.1 Å². The molecule has 0 saturated carbocycles. The molecule has 0 radical (unpaired) electrons. The molecule has 4 heterocycles. The molecule has 0 aliphatic carbocycles. The number of thiazole rings is 1. The summed E-state index contributed by atoms with van der Waals surface area (Å²) >= 11 is 3.28. The quantitative estimate of drug-likeness (QED) is 0.0468. The molecule has 5 rings (SSSR count). The van der Waals surface area contributed by atoms with Crippen molar-refractivity contribution in [3.63, 3.8) is 0 Å². The lowest BCUT2D eigenvalue weighted by molar-refractivity contribution is -0.127. The number of Topliss-reactive ketones (excluding diaryl/α,β-unsaturated/α-hetero) is 1. The van der Waals surface area contributed by atoms with E-state index in [1.165, 1.54) is 24.4 Å². The van der Waals surface area contributed by atoms with Crippen LogP contribution in [0.3, 0.4) is 0 Å². The number of rotatable bonds is 19. The highest BCUT2D eigenvalue weighted by molar-refractivity contribution is 14.1. The molecule has 1 aliphatic rings. The van der Waals surface area contributed by atoms with Crippen LogP contribution in [-0.4, -0.2) is 139 Å². The number of alkyl halides is 1. The minimum absolute atomic E-state index is 0.115. The average molecular weight is 835 g/mol. The first-order chi connectivity index (χ1) is 24.9. The Kier molecular flexibility index (Phi) is 14.7. The Hall–Kier alpha value is -4.01. The number of aromatic nitrogens is 3. The largest absolute Gasteiger partial charge is 0.494 e. The molecule has 0 bridgehead atoms. The van der Waals surface area contributed by atoms with E-state index in [1.807, 2.05) is 6.07 Å². The van der Waals surface area contributed by atoms with E-state index in [-0.39, 0.29) is 42.0 Å². The van der Waals surface area contributed by atoms with Crippen LogP contribution < -0.4 is 10.1 Å². The van der Waals surface area contributed by atoms with Gasteiger partial charge in [-0.15, -0.1) is 11.3 Å². The van der Waals surface area contributed by atoms with Crippen molar-refractivity contribution in [1.82, 2.24) is 30.1 Å². The second-order valence-corrected chi connectivity index (χ2v) is 12.5. The molecule has 0 atom stereocenters. The van der Waals surface area contributed by atoms with Crippen LogP contribution in [-0.2, 0) is 23.7 Å². The Balaban J connectivity index is 1.13. The Bertz CT molecular complexity index is 1780. The molecule has 2 N–H and O–H groups in total. The van der Waals surface area contributed by atoms with Gasteiger partial charge in [-0.05, 0) is 12.1 Å². The normalized spacial score (nSPS) is 13.1. The number of nitrogens with one attached hydrogen (secondary N) is 2. The number of ketones is 1. The molecule has 272 valence electrons. The molecule has 1 aromatic carbocycles. The number of halogens is 1. The minimum Gasteiger partial charge on any atom is -0.494 e. The zero-order valence-corrected chi connectivity index (χ0v) is 31.0. The first-order valence-corrected chi connectivity index (χ1v) is 18.7. The molecule has 17 heteroatoms. The van der Waals surface area contributed by atoms with Gasteiger partial charge in [0.2, 0.25) is 0 Å². The van der Waals surface area contributed by atoms with E-state index < -0.39 is 11.7 Å². The summed E-state index contributed by atoms with van der Waals surface area (Å²) in [5.74, 6) is -1.57. The van der Waals surface area contributed by atoms with Crippen molar-refractivity contribution >= 4 is 68.3 Å². The van der Waals surface area contributed by atoms with Crippen LogP contribution >= 0.6 is 33.9 Å². The Morgan fingerprint density at radius 1 is 0.902 bits per heavy atom. The Morgan fingerprint density at radius 3 is 2.22 bits per heavy atom. The van der Waals surface area contributed by atoms with Gasteiger partial charge in [-0.2, -0.15) is 0 Å². The van der Waals surface area contributed by atoms with Crippen LogP contribution in [0.25, 0.3) is 22.3 Å². The highest BCUT2D eigenvalue weighted by atomic mass is 127. The summed E-state index contributed by atoms with van der Waals surface area (Å²) in [7, 11) is 1.45. The van der Waals surface area contributed by atoms with Crippen molar-refractivity contribution in [1.29, 1.82) is 0 Å². The summed E-state index contributed by atoms with van der Waals surface area (Å²) in [6, 6.07) is 8.94. The third-order valence-electron chi connectivity index (χ3n) is 7.87. The molecular weight excluding hydrogens is 795 g/mol. The number of ether oxygens (including phenoxy) is 5. The molecule has 51 heavy (non-hydrogen) atoms. The molecule has 4 aromatic rings. The smallest absolute Gasteiger partial charge is 0.295 e. The van der Waals surface area contributed by atoms with Gasteiger partial charge >= 0.3 is 0 Å². The Labute approximate surface area is 312 Å². The fourth-order valence-electron chi connectivity index (χ4n) is 5.29. The summed E-state index contributed by atoms with van der Waals surface area (Å²) in [5.41, 5.74) is 1.95. The second-order valence-electron chi connectivity index (χ2n) is 11.1. The van der Waals surface area contributed by atoms with Crippen molar-refractivity contribution in [3.05, 3.63) is 64.2 Å². The van der Waals surface area contributed by atoms with E-state index in [2.05, 4.69) is 42.9 Å². The number of carbonyl (C=O) groups excluding carboxylic acids is 4. The number of hydrogen-bond donors (Lipinski definition) is 2. The van der Waals surface area contributed by atoms with Crippen molar-refractivity contribution in [2.45, 2.75) is 0 Å². The van der Waals surface area contributed by atoms with Gasteiger partial charge in [-0.25, -0.2) is 9.97 Å². The second kappa shape index (κ2) is 19.6. The summed E-state index contributed by atoms with van der Waals surface area (Å²) in [5, 5.41) is 5.09. The zero-order valence-electron chi connectivity index (χ0n) is 28.1. The van der Waals surface area contributed by atoms with E-state index in [1.54, 1.807) is 34.5 Å². The van der Waals surface area contributed by atoms with E-state index >= 15 is 0 Å². The van der Waals surface area contributed by atoms with Crippen LogP contribution in [0, 0.1) is 0 Å². The maximum atomic E-state index is 13.6. The summed E-state index contributed by atoms with van der Waals surface area (Å²) < 4.78 is 27.7. The molecule has 3 aromatic heterocycles. The lowest BCUT2D eigenvalue weighted by Crippen LogP contribution is -2.52. The van der Waals surface area contributed by atoms with Gasteiger partial charge in [-0.1, -0.05) is 40.8 Å². The van der Waals surface area contributed by atoms with E-state index in [0.717, 1.165) is 11.3 Å². The van der Waals surface area contributed by atoms with Crippen LogP contribution in [0.2, 0.25) is 0 Å². The predicted octanol–water partition coefficient (Wildman–Crippen LogP) is 3.05. The van der Waals surface area contributed by atoms with Crippen molar-refractivity contribution in [3.8, 4) is 17.1 Å². The molecule has 0 unspecified atom stereocenters. The van der Waals surface area contributed by atoms with Gasteiger partial charge in [0.1, 0.15) is 17.1 Å². The number of nitrogens with zero attached hydrogens (tertiary/aromatic N) is 4. The highest BCUT2D eigenvalue weighted by Crippen LogP contribution is 2.35. The maximum Gasteiger partial charge on any atom is 0.295 e. The number of H-pyrrole nitrogens is 1. The zero-order chi connectivity index (χ0) is 36.0. The molecule has 15 nitrogen and oxygen atoms in total. The number of fused-ring (bicyclic) bond motifs is 1. The van der Waals surface area contributed by atoms with E-state index in [4.69, 9.17) is 23.7 Å². The molecule has 1 saturated heterocycles. The first-order valence-electron chi connectivity index (χ1n) is 16.3.